The SMILES string of the molecule is Cc1ccccc1SC(=S)SCc1ccccc1. The molecule has 0 aromatic heterocycles. The molecule has 0 spiro atoms. The molecule has 92 valence electrons. The number of rotatable bonds is 3. The first-order valence-electron chi connectivity index (χ1n) is 5.70. The van der Waals surface area contributed by atoms with Gasteiger partial charge >= 0.3 is 0 Å². The first-order valence-corrected chi connectivity index (χ1v) is 7.91. The van der Waals surface area contributed by atoms with Crippen LogP contribution in [0.15, 0.2) is 59.5 Å². The van der Waals surface area contributed by atoms with Gasteiger partial charge in [-0.15, -0.1) is 11.8 Å². The quantitative estimate of drug-likeness (QED) is 0.556. The van der Waals surface area contributed by atoms with Gasteiger partial charge in [-0.2, -0.15) is 0 Å². The predicted octanol–water partition coefficient (Wildman–Crippen LogP) is 5.31. The van der Waals surface area contributed by atoms with Gasteiger partial charge < -0.3 is 0 Å². The van der Waals surface area contributed by atoms with Crippen molar-refractivity contribution in [1.29, 1.82) is 0 Å². The topological polar surface area (TPSA) is 0 Å². The van der Waals surface area contributed by atoms with Crippen LogP contribution in [0.4, 0.5) is 0 Å². The number of thiocarbonyl (C=S) groups is 1. The Bertz CT molecular complexity index is 520. The van der Waals surface area contributed by atoms with Crippen LogP contribution in [0.25, 0.3) is 0 Å². The Kier molecular flexibility index (Phi) is 5.29. The van der Waals surface area contributed by atoms with Crippen LogP contribution in [0, 0.1) is 6.92 Å². The van der Waals surface area contributed by atoms with Gasteiger partial charge in [-0.3, -0.25) is 0 Å². The lowest BCUT2D eigenvalue weighted by atomic mass is 10.2. The summed E-state index contributed by atoms with van der Waals surface area (Å²) in [4.78, 5) is 1.25. The van der Waals surface area contributed by atoms with Gasteiger partial charge in [0.1, 0.15) is 3.53 Å². The second-order valence-electron chi connectivity index (χ2n) is 3.89. The van der Waals surface area contributed by atoms with Crippen molar-refractivity contribution in [2.75, 3.05) is 0 Å². The van der Waals surface area contributed by atoms with Gasteiger partial charge in [-0.05, 0) is 24.1 Å². The summed E-state index contributed by atoms with van der Waals surface area (Å²) in [6, 6.07) is 18.8. The molecule has 0 fully saturated rings. The zero-order valence-electron chi connectivity index (χ0n) is 10.1. The van der Waals surface area contributed by atoms with Crippen molar-refractivity contribution in [2.24, 2.45) is 0 Å². The molecule has 0 saturated heterocycles. The lowest BCUT2D eigenvalue weighted by Crippen LogP contribution is -1.86. The maximum absolute atomic E-state index is 5.42. The number of thioether (sulfide) groups is 2. The highest BCUT2D eigenvalue weighted by Crippen LogP contribution is 2.30. The summed E-state index contributed by atoms with van der Waals surface area (Å²) in [6.07, 6.45) is 0. The van der Waals surface area contributed by atoms with Crippen molar-refractivity contribution < 1.29 is 0 Å². The maximum atomic E-state index is 5.42. The summed E-state index contributed by atoms with van der Waals surface area (Å²) >= 11 is 8.83. The Hall–Kier alpha value is -0.770. The highest BCUT2D eigenvalue weighted by Gasteiger charge is 2.04. The monoisotopic (exact) mass is 290 g/mol. The third kappa shape index (κ3) is 4.16. The molecular formula is C15H14S3. The molecule has 0 heterocycles. The molecule has 2 rings (SSSR count). The minimum absolute atomic E-state index is 0.943. The van der Waals surface area contributed by atoms with E-state index in [9.17, 15) is 0 Å². The molecule has 0 unspecified atom stereocenters. The van der Waals surface area contributed by atoms with E-state index in [0.29, 0.717) is 0 Å². The van der Waals surface area contributed by atoms with E-state index in [4.69, 9.17) is 12.2 Å². The number of aryl methyl sites for hydroxylation is 1. The van der Waals surface area contributed by atoms with Crippen molar-refractivity contribution in [3.8, 4) is 0 Å². The zero-order chi connectivity index (χ0) is 12.8. The predicted molar refractivity (Wildman–Crippen MR) is 87.4 cm³/mol. The molecule has 3 heteroatoms. The minimum atomic E-state index is 0.943. The molecule has 0 bridgehead atoms. The van der Waals surface area contributed by atoms with Crippen LogP contribution < -0.4 is 0 Å². The fraction of sp³-hybridized carbons (Fsp3) is 0.133. The van der Waals surface area contributed by atoms with Crippen molar-refractivity contribution in [1.82, 2.24) is 0 Å². The van der Waals surface area contributed by atoms with Gasteiger partial charge in [-0.25, -0.2) is 0 Å². The van der Waals surface area contributed by atoms with E-state index in [0.717, 1.165) is 9.28 Å². The standard InChI is InChI=1S/C15H14S3/c1-12-7-5-6-10-14(12)18-15(16)17-11-13-8-3-2-4-9-13/h2-10H,11H2,1H3. The number of benzene rings is 2. The summed E-state index contributed by atoms with van der Waals surface area (Å²) in [7, 11) is 0. The third-order valence-corrected chi connectivity index (χ3v) is 5.25. The van der Waals surface area contributed by atoms with Crippen molar-refractivity contribution in [2.45, 2.75) is 17.6 Å². The Labute approximate surface area is 122 Å². The van der Waals surface area contributed by atoms with Crippen LogP contribution in [0.1, 0.15) is 11.1 Å². The molecular weight excluding hydrogens is 276 g/mol. The summed E-state index contributed by atoms with van der Waals surface area (Å²) in [6.45, 7) is 2.12. The first kappa shape index (κ1) is 13.7. The van der Waals surface area contributed by atoms with Gasteiger partial charge in [-0.1, -0.05) is 72.5 Å². The average Bonchev–Trinajstić information content (AvgIpc) is 2.40. The molecule has 0 radical (unpaired) electrons. The highest BCUT2D eigenvalue weighted by molar-refractivity contribution is 8.46. The highest BCUT2D eigenvalue weighted by atomic mass is 32.2. The molecule has 2 aromatic rings. The largest absolute Gasteiger partial charge is 0.109 e. The molecule has 0 saturated carbocycles. The van der Waals surface area contributed by atoms with Gasteiger partial charge in [0.25, 0.3) is 0 Å². The summed E-state index contributed by atoms with van der Waals surface area (Å²) in [5, 5.41) is 0. The second kappa shape index (κ2) is 6.98. The fourth-order valence-electron chi connectivity index (χ4n) is 1.51. The van der Waals surface area contributed by atoms with E-state index in [2.05, 4.69) is 55.5 Å². The van der Waals surface area contributed by atoms with Gasteiger partial charge in [0.05, 0.1) is 0 Å². The fourth-order valence-corrected chi connectivity index (χ4v) is 3.67. The average molecular weight is 290 g/mol. The summed E-state index contributed by atoms with van der Waals surface area (Å²) < 4.78 is 0.980. The molecule has 0 aliphatic rings. The second-order valence-corrected chi connectivity index (χ2v) is 7.11. The molecule has 0 N–H and O–H groups in total. The molecule has 18 heavy (non-hydrogen) atoms. The van der Waals surface area contributed by atoms with Gasteiger partial charge in [0.2, 0.25) is 0 Å². The van der Waals surface area contributed by atoms with E-state index in [-0.39, 0.29) is 0 Å². The van der Waals surface area contributed by atoms with Crippen molar-refractivity contribution in [3.05, 3.63) is 65.7 Å². The summed E-state index contributed by atoms with van der Waals surface area (Å²) in [5.74, 6) is 0.943. The number of hydrogen-bond donors (Lipinski definition) is 0. The van der Waals surface area contributed by atoms with E-state index < -0.39 is 0 Å². The lowest BCUT2D eigenvalue weighted by molar-refractivity contribution is 1.31. The van der Waals surface area contributed by atoms with E-state index in [1.165, 1.54) is 16.0 Å². The van der Waals surface area contributed by atoms with Gasteiger partial charge in [0, 0.05) is 10.6 Å². The Morgan fingerprint density at radius 3 is 2.39 bits per heavy atom. The molecule has 0 amide bonds. The van der Waals surface area contributed by atoms with Crippen LogP contribution in [0.5, 0.6) is 0 Å². The van der Waals surface area contributed by atoms with Crippen LogP contribution in [-0.4, -0.2) is 3.53 Å². The molecule has 0 nitrogen and oxygen atoms in total. The smallest absolute Gasteiger partial charge is 0.103 e. The van der Waals surface area contributed by atoms with Gasteiger partial charge in [0.15, 0.2) is 0 Å². The molecule has 0 aliphatic carbocycles. The molecule has 0 atom stereocenters. The van der Waals surface area contributed by atoms with Crippen LogP contribution in [-0.2, 0) is 5.75 Å². The van der Waals surface area contributed by atoms with E-state index in [1.54, 1.807) is 23.5 Å². The van der Waals surface area contributed by atoms with Crippen molar-refractivity contribution >= 4 is 39.3 Å². The zero-order valence-corrected chi connectivity index (χ0v) is 12.6. The molecule has 2 aromatic carbocycles. The first-order chi connectivity index (χ1) is 8.75. The Balaban J connectivity index is 1.88. The Morgan fingerprint density at radius 2 is 1.67 bits per heavy atom. The lowest BCUT2D eigenvalue weighted by Gasteiger charge is -2.06. The van der Waals surface area contributed by atoms with E-state index in [1.807, 2.05) is 6.07 Å². The van der Waals surface area contributed by atoms with E-state index >= 15 is 0 Å². The maximum Gasteiger partial charge on any atom is 0.109 e. The minimum Gasteiger partial charge on any atom is -0.103 e. The summed E-state index contributed by atoms with van der Waals surface area (Å²) in [5.41, 5.74) is 2.60. The molecule has 0 aliphatic heterocycles. The normalized spacial score (nSPS) is 10.3. The van der Waals surface area contributed by atoms with Crippen molar-refractivity contribution in [3.63, 3.8) is 0 Å². The number of hydrogen-bond acceptors (Lipinski definition) is 3. The van der Waals surface area contributed by atoms with Crippen LogP contribution in [0.2, 0.25) is 0 Å². The Morgan fingerprint density at radius 1 is 1.00 bits per heavy atom. The van der Waals surface area contributed by atoms with Crippen LogP contribution in [0.3, 0.4) is 0 Å². The van der Waals surface area contributed by atoms with Crippen LogP contribution >= 0.6 is 35.7 Å². The third-order valence-electron chi connectivity index (χ3n) is 2.49.